The van der Waals surface area contributed by atoms with Gasteiger partial charge in [-0.1, -0.05) is 36.8 Å². The van der Waals surface area contributed by atoms with Crippen molar-refractivity contribution < 1.29 is 0 Å². The molecule has 1 saturated heterocycles. The van der Waals surface area contributed by atoms with E-state index in [4.69, 9.17) is 0 Å². The molecule has 0 bridgehead atoms. The van der Waals surface area contributed by atoms with Crippen molar-refractivity contribution in [2.24, 2.45) is 0 Å². The minimum Gasteiger partial charge on any atom is -0.303 e. The van der Waals surface area contributed by atoms with Gasteiger partial charge in [-0.15, -0.1) is 0 Å². The molecule has 0 atom stereocenters. The van der Waals surface area contributed by atoms with Crippen molar-refractivity contribution in [2.75, 3.05) is 19.6 Å². The highest BCUT2D eigenvalue weighted by molar-refractivity contribution is 5.14. The Morgan fingerprint density at radius 1 is 0.875 bits per heavy atom. The van der Waals surface area contributed by atoms with Gasteiger partial charge >= 0.3 is 0 Å². The summed E-state index contributed by atoms with van der Waals surface area (Å²) in [6, 6.07) is 10.8. The second-order valence-electron chi connectivity index (χ2n) is 4.85. The SMILES string of the molecule is c1ccc(CCCCN2CCCCC2)cc1. The Kier molecular flexibility index (Phi) is 4.88. The van der Waals surface area contributed by atoms with Crippen LogP contribution < -0.4 is 0 Å². The van der Waals surface area contributed by atoms with Crippen molar-refractivity contribution in [2.45, 2.75) is 38.5 Å². The van der Waals surface area contributed by atoms with E-state index in [-0.39, 0.29) is 0 Å². The zero-order valence-electron chi connectivity index (χ0n) is 10.2. The maximum atomic E-state index is 2.63. The fraction of sp³-hybridized carbons (Fsp3) is 0.600. The number of rotatable bonds is 5. The zero-order valence-corrected chi connectivity index (χ0v) is 10.2. The molecule has 0 unspecified atom stereocenters. The molecule has 1 nitrogen and oxygen atoms in total. The Balaban J connectivity index is 1.58. The molecule has 0 spiro atoms. The minimum atomic E-state index is 1.24. The van der Waals surface area contributed by atoms with E-state index in [9.17, 15) is 0 Å². The van der Waals surface area contributed by atoms with Crippen LogP contribution in [-0.4, -0.2) is 24.5 Å². The Morgan fingerprint density at radius 2 is 1.62 bits per heavy atom. The maximum absolute atomic E-state index is 2.63. The Bertz CT molecular complexity index is 275. The number of nitrogens with zero attached hydrogens (tertiary/aromatic N) is 1. The second-order valence-corrected chi connectivity index (χ2v) is 4.85. The lowest BCUT2D eigenvalue weighted by Crippen LogP contribution is -2.30. The summed E-state index contributed by atoms with van der Waals surface area (Å²) in [5, 5.41) is 0. The number of benzene rings is 1. The van der Waals surface area contributed by atoms with E-state index in [1.807, 2.05) is 0 Å². The molecule has 1 aliphatic rings. The quantitative estimate of drug-likeness (QED) is 0.682. The van der Waals surface area contributed by atoms with Crippen molar-refractivity contribution in [3.05, 3.63) is 35.9 Å². The number of hydrogen-bond donors (Lipinski definition) is 0. The first-order valence-electron chi connectivity index (χ1n) is 6.71. The smallest absolute Gasteiger partial charge is 0.00186 e. The number of piperidine rings is 1. The molecule has 0 saturated carbocycles. The first kappa shape index (κ1) is 11.7. The van der Waals surface area contributed by atoms with Crippen LogP contribution in [0.1, 0.15) is 37.7 Å². The molecule has 1 aromatic carbocycles. The number of likely N-dealkylation sites (tertiary alicyclic amines) is 1. The fourth-order valence-corrected chi connectivity index (χ4v) is 2.49. The van der Waals surface area contributed by atoms with Gasteiger partial charge in [0.1, 0.15) is 0 Å². The highest BCUT2D eigenvalue weighted by atomic mass is 15.1. The molecule has 1 heterocycles. The van der Waals surface area contributed by atoms with Crippen molar-refractivity contribution >= 4 is 0 Å². The van der Waals surface area contributed by atoms with Crippen LogP contribution in [0, 0.1) is 0 Å². The molecule has 1 fully saturated rings. The first-order valence-corrected chi connectivity index (χ1v) is 6.71. The normalized spacial score (nSPS) is 17.5. The van der Waals surface area contributed by atoms with Crippen LogP contribution in [0.3, 0.4) is 0 Å². The Morgan fingerprint density at radius 3 is 2.38 bits per heavy atom. The molecule has 0 aliphatic carbocycles. The van der Waals surface area contributed by atoms with E-state index in [1.54, 1.807) is 0 Å². The van der Waals surface area contributed by atoms with Crippen molar-refractivity contribution in [1.82, 2.24) is 4.90 Å². The van der Waals surface area contributed by atoms with Gasteiger partial charge in [-0.25, -0.2) is 0 Å². The van der Waals surface area contributed by atoms with E-state index >= 15 is 0 Å². The highest BCUT2D eigenvalue weighted by Crippen LogP contribution is 2.10. The van der Waals surface area contributed by atoms with Gasteiger partial charge in [0, 0.05) is 0 Å². The van der Waals surface area contributed by atoms with E-state index in [0.29, 0.717) is 0 Å². The molecule has 16 heavy (non-hydrogen) atoms. The summed E-state index contributed by atoms with van der Waals surface area (Å²) in [6.07, 6.45) is 8.21. The summed E-state index contributed by atoms with van der Waals surface area (Å²) in [5.41, 5.74) is 1.49. The van der Waals surface area contributed by atoms with Gasteiger partial charge in [-0.3, -0.25) is 0 Å². The topological polar surface area (TPSA) is 3.24 Å². The lowest BCUT2D eigenvalue weighted by atomic mass is 10.1. The predicted molar refractivity (Wildman–Crippen MR) is 69.7 cm³/mol. The number of aryl methyl sites for hydroxylation is 1. The van der Waals surface area contributed by atoms with Gasteiger partial charge in [0.25, 0.3) is 0 Å². The zero-order chi connectivity index (χ0) is 11.1. The second kappa shape index (κ2) is 6.70. The number of unbranched alkanes of at least 4 members (excludes halogenated alkanes) is 1. The molecular formula is C15H23N. The first-order chi connectivity index (χ1) is 7.95. The van der Waals surface area contributed by atoms with Crippen molar-refractivity contribution in [3.63, 3.8) is 0 Å². The van der Waals surface area contributed by atoms with Gasteiger partial charge in [0.15, 0.2) is 0 Å². The Hall–Kier alpha value is -0.820. The van der Waals surface area contributed by atoms with Gasteiger partial charge < -0.3 is 4.90 Å². The average Bonchev–Trinajstić information content (AvgIpc) is 2.37. The summed E-state index contributed by atoms with van der Waals surface area (Å²) >= 11 is 0. The largest absolute Gasteiger partial charge is 0.303 e. The van der Waals surface area contributed by atoms with Crippen molar-refractivity contribution in [1.29, 1.82) is 0 Å². The third-order valence-corrected chi connectivity index (χ3v) is 3.48. The molecule has 0 aromatic heterocycles. The van der Waals surface area contributed by atoms with E-state index in [0.717, 1.165) is 0 Å². The lowest BCUT2D eigenvalue weighted by molar-refractivity contribution is 0.225. The van der Waals surface area contributed by atoms with Crippen LogP contribution in [0.25, 0.3) is 0 Å². The van der Waals surface area contributed by atoms with Gasteiger partial charge in [0.05, 0.1) is 0 Å². The molecule has 1 heteroatoms. The highest BCUT2D eigenvalue weighted by Gasteiger charge is 2.08. The third kappa shape index (κ3) is 3.97. The molecule has 1 aromatic rings. The average molecular weight is 217 g/mol. The molecule has 1 aliphatic heterocycles. The molecule has 2 rings (SSSR count). The van der Waals surface area contributed by atoms with Gasteiger partial charge in [-0.05, 0) is 57.3 Å². The molecule has 0 amide bonds. The van der Waals surface area contributed by atoms with Crippen LogP contribution in [0.2, 0.25) is 0 Å². The summed E-state index contributed by atoms with van der Waals surface area (Å²) in [5.74, 6) is 0. The maximum Gasteiger partial charge on any atom is -0.00186 e. The molecule has 88 valence electrons. The molecule has 0 N–H and O–H groups in total. The Labute approximate surface area is 99.5 Å². The van der Waals surface area contributed by atoms with E-state index in [1.165, 1.54) is 63.7 Å². The van der Waals surface area contributed by atoms with Crippen LogP contribution in [0.4, 0.5) is 0 Å². The summed E-state index contributed by atoms with van der Waals surface area (Å²) in [7, 11) is 0. The van der Waals surface area contributed by atoms with Crippen LogP contribution >= 0.6 is 0 Å². The van der Waals surface area contributed by atoms with Crippen LogP contribution in [0.15, 0.2) is 30.3 Å². The molecular weight excluding hydrogens is 194 g/mol. The van der Waals surface area contributed by atoms with Gasteiger partial charge in [0.2, 0.25) is 0 Å². The summed E-state index contributed by atoms with van der Waals surface area (Å²) in [6.45, 7) is 3.99. The fourth-order valence-electron chi connectivity index (χ4n) is 2.49. The predicted octanol–water partition coefficient (Wildman–Crippen LogP) is 3.50. The monoisotopic (exact) mass is 217 g/mol. The third-order valence-electron chi connectivity index (χ3n) is 3.48. The molecule has 0 radical (unpaired) electrons. The lowest BCUT2D eigenvalue weighted by Gasteiger charge is -2.26. The number of hydrogen-bond acceptors (Lipinski definition) is 1. The van der Waals surface area contributed by atoms with E-state index < -0.39 is 0 Å². The standard InChI is InChI=1S/C15H23N/c1-3-9-15(10-4-1)11-5-8-14-16-12-6-2-7-13-16/h1,3-4,9-10H,2,5-8,11-14H2. The van der Waals surface area contributed by atoms with Gasteiger partial charge in [-0.2, -0.15) is 0 Å². The summed E-state index contributed by atoms with van der Waals surface area (Å²) in [4.78, 5) is 2.63. The van der Waals surface area contributed by atoms with E-state index in [2.05, 4.69) is 35.2 Å². The van der Waals surface area contributed by atoms with Crippen LogP contribution in [0.5, 0.6) is 0 Å². The van der Waals surface area contributed by atoms with Crippen LogP contribution in [-0.2, 0) is 6.42 Å². The van der Waals surface area contributed by atoms with Crippen molar-refractivity contribution in [3.8, 4) is 0 Å². The summed E-state index contributed by atoms with van der Waals surface area (Å²) < 4.78 is 0. The minimum absolute atomic E-state index is 1.24.